The van der Waals surface area contributed by atoms with Crippen molar-refractivity contribution in [3.63, 3.8) is 0 Å². The van der Waals surface area contributed by atoms with Crippen LogP contribution in [0, 0.1) is 17.0 Å². The van der Waals surface area contributed by atoms with Crippen LogP contribution in [0.1, 0.15) is 28.4 Å². The topological polar surface area (TPSA) is 114 Å². The van der Waals surface area contributed by atoms with Crippen LogP contribution in [0.3, 0.4) is 0 Å². The number of esters is 1. The fourth-order valence-electron chi connectivity index (χ4n) is 2.87. The molecule has 0 aliphatic heterocycles. The van der Waals surface area contributed by atoms with Gasteiger partial charge in [-0.2, -0.15) is 0 Å². The number of hydrogen-bond donors (Lipinski definition) is 0. The lowest BCUT2D eigenvalue weighted by molar-refractivity contribution is -0.398. The average Bonchev–Trinajstić information content (AvgIpc) is 3.17. The van der Waals surface area contributed by atoms with Gasteiger partial charge in [0.05, 0.1) is 24.7 Å². The molecule has 9 heteroatoms. The number of nitro benzene ring substituents is 1. The second-order valence-corrected chi connectivity index (χ2v) is 7.35. The number of carbonyl (C=O) groups excluding carboxylic acids is 1. The van der Waals surface area contributed by atoms with Crippen LogP contribution >= 0.6 is 11.3 Å². The van der Waals surface area contributed by atoms with Crippen LogP contribution in [-0.4, -0.2) is 30.8 Å². The molecule has 0 atom stereocenters. The van der Waals surface area contributed by atoms with E-state index >= 15 is 0 Å². The Kier molecular flexibility index (Phi) is 6.66. The molecular formula is C22H19N2O6S-. The van der Waals surface area contributed by atoms with Crippen molar-refractivity contribution >= 4 is 34.2 Å². The third-order valence-corrected chi connectivity index (χ3v) is 5.32. The van der Waals surface area contributed by atoms with E-state index in [1.54, 1.807) is 12.3 Å². The first kappa shape index (κ1) is 22.0. The van der Waals surface area contributed by atoms with Gasteiger partial charge in [-0.15, -0.1) is 11.3 Å². The minimum Gasteiger partial charge on any atom is -0.867 e. The normalized spacial score (nSPS) is 10.9. The summed E-state index contributed by atoms with van der Waals surface area (Å²) in [5.74, 6) is -1.17. The van der Waals surface area contributed by atoms with Gasteiger partial charge in [0, 0.05) is 17.2 Å². The van der Waals surface area contributed by atoms with Crippen LogP contribution in [0.5, 0.6) is 11.5 Å². The quantitative estimate of drug-likeness (QED) is 0.229. The molecule has 3 aromatic rings. The number of carbonyl (C=O) groups is 1. The molecule has 1 heterocycles. The Hall–Kier alpha value is -3.72. The van der Waals surface area contributed by atoms with Crippen LogP contribution in [-0.2, 0) is 4.74 Å². The van der Waals surface area contributed by atoms with E-state index in [9.17, 15) is 20.0 Å². The minimum atomic E-state index is -0.789. The number of ether oxygens (including phenoxy) is 2. The zero-order valence-corrected chi connectivity index (χ0v) is 17.9. The van der Waals surface area contributed by atoms with Crippen LogP contribution in [0.15, 0.2) is 46.8 Å². The van der Waals surface area contributed by atoms with Crippen LogP contribution < -0.4 is 9.84 Å². The minimum absolute atomic E-state index is 0.0221. The van der Waals surface area contributed by atoms with E-state index < -0.39 is 22.3 Å². The number of nitrogens with zero attached hydrogens (tertiary/aromatic N) is 2. The molecule has 0 amide bonds. The second-order valence-electron chi connectivity index (χ2n) is 6.50. The molecule has 0 unspecified atom stereocenters. The summed E-state index contributed by atoms with van der Waals surface area (Å²) in [7, 11) is 1.34. The monoisotopic (exact) mass is 439 g/mol. The van der Waals surface area contributed by atoms with E-state index in [0.29, 0.717) is 10.6 Å². The Morgan fingerprint density at radius 1 is 1.26 bits per heavy atom. The summed E-state index contributed by atoms with van der Waals surface area (Å²) in [4.78, 5) is 27.3. The van der Waals surface area contributed by atoms with Gasteiger partial charge >= 0.3 is 5.97 Å². The van der Waals surface area contributed by atoms with Crippen molar-refractivity contribution in [2.45, 2.75) is 13.8 Å². The molecule has 3 rings (SSSR count). The van der Waals surface area contributed by atoms with Gasteiger partial charge in [0.2, 0.25) is 0 Å². The summed E-state index contributed by atoms with van der Waals surface area (Å²) in [6.45, 7) is 3.86. The number of benzene rings is 2. The molecule has 0 aliphatic rings. The van der Waals surface area contributed by atoms with E-state index in [-0.39, 0.29) is 23.5 Å². The maximum Gasteiger partial charge on any atom is 0.341 e. The third kappa shape index (κ3) is 4.72. The van der Waals surface area contributed by atoms with Crippen LogP contribution in [0.2, 0.25) is 0 Å². The molecule has 0 fully saturated rings. The lowest BCUT2D eigenvalue weighted by Gasteiger charge is -2.12. The number of hydrogen-bond acceptors (Lipinski definition) is 8. The summed E-state index contributed by atoms with van der Waals surface area (Å²) in [5.41, 5.74) is 2.21. The predicted molar refractivity (Wildman–Crippen MR) is 117 cm³/mol. The van der Waals surface area contributed by atoms with Gasteiger partial charge in [-0.05, 0) is 36.8 Å². The Bertz CT molecular complexity index is 1150. The maximum absolute atomic E-state index is 12.6. The first-order valence-electron chi connectivity index (χ1n) is 9.28. The smallest absolute Gasteiger partial charge is 0.341 e. The molecule has 1 aromatic heterocycles. The molecule has 8 nitrogen and oxygen atoms in total. The van der Waals surface area contributed by atoms with Crippen molar-refractivity contribution in [2.75, 3.05) is 13.7 Å². The highest BCUT2D eigenvalue weighted by Crippen LogP contribution is 2.39. The van der Waals surface area contributed by atoms with Crippen LogP contribution in [0.25, 0.3) is 11.1 Å². The summed E-state index contributed by atoms with van der Waals surface area (Å²) in [6.07, 6.45) is 1.20. The molecule has 0 N–H and O–H groups in total. The Labute approximate surface area is 182 Å². The van der Waals surface area contributed by atoms with Crippen molar-refractivity contribution in [3.05, 3.63) is 68.6 Å². The zero-order valence-electron chi connectivity index (χ0n) is 17.1. The van der Waals surface area contributed by atoms with Crippen molar-refractivity contribution < 1.29 is 24.3 Å². The van der Waals surface area contributed by atoms with Crippen molar-refractivity contribution in [1.82, 2.24) is 0 Å². The van der Waals surface area contributed by atoms with E-state index in [1.165, 1.54) is 30.7 Å². The fraction of sp³-hybridized carbons (Fsp3) is 0.182. The summed E-state index contributed by atoms with van der Waals surface area (Å²) in [5, 5.41) is 25.7. The summed E-state index contributed by atoms with van der Waals surface area (Å²) in [6, 6.07) is 10.1. The second kappa shape index (κ2) is 9.40. The lowest BCUT2D eigenvalue weighted by Crippen LogP contribution is -2.05. The van der Waals surface area contributed by atoms with Crippen molar-refractivity contribution in [2.24, 2.45) is 4.99 Å². The zero-order chi connectivity index (χ0) is 22.5. The van der Waals surface area contributed by atoms with Gasteiger partial charge in [0.1, 0.15) is 16.3 Å². The lowest BCUT2D eigenvalue weighted by atomic mass is 10.0. The number of methoxy groups -OCH3 is 1. The van der Waals surface area contributed by atoms with Gasteiger partial charge in [0.25, 0.3) is 5.69 Å². The number of aliphatic imine (C=N–C) groups is 1. The van der Waals surface area contributed by atoms with Gasteiger partial charge in [-0.1, -0.05) is 29.8 Å². The first-order valence-corrected chi connectivity index (χ1v) is 10.2. The highest BCUT2D eigenvalue weighted by molar-refractivity contribution is 7.14. The Balaban J connectivity index is 2.09. The first-order chi connectivity index (χ1) is 14.8. The standard InChI is InChI=1S/C22H20N2O6S/c1-4-30-22(26)19-17(14-7-5-13(2)6-8-14)12-31-21(19)23-11-15-9-16(29-3)10-18(20(15)25)24(27)28/h5-12,25H,4H2,1-3H3/p-1. The molecule has 0 aliphatic carbocycles. The van der Waals surface area contributed by atoms with E-state index in [2.05, 4.69) is 4.99 Å². The van der Waals surface area contributed by atoms with Gasteiger partial charge in [-0.3, -0.25) is 10.1 Å². The van der Waals surface area contributed by atoms with Crippen molar-refractivity contribution in [3.8, 4) is 22.6 Å². The number of nitro groups is 1. The maximum atomic E-state index is 12.6. The van der Waals surface area contributed by atoms with E-state index in [0.717, 1.165) is 17.2 Å². The summed E-state index contributed by atoms with van der Waals surface area (Å²) >= 11 is 1.21. The van der Waals surface area contributed by atoms with Gasteiger partial charge in [-0.25, -0.2) is 9.79 Å². The molecule has 2 aromatic carbocycles. The van der Waals surface area contributed by atoms with Gasteiger partial charge < -0.3 is 14.6 Å². The van der Waals surface area contributed by atoms with Gasteiger partial charge in [0.15, 0.2) is 0 Å². The number of aryl methyl sites for hydroxylation is 1. The number of thiophene rings is 1. The Morgan fingerprint density at radius 2 is 1.97 bits per heavy atom. The predicted octanol–water partition coefficient (Wildman–Crippen LogP) is 4.64. The molecule has 0 radical (unpaired) electrons. The number of rotatable bonds is 7. The largest absolute Gasteiger partial charge is 0.867 e. The molecule has 31 heavy (non-hydrogen) atoms. The average molecular weight is 439 g/mol. The molecule has 0 saturated heterocycles. The molecule has 0 saturated carbocycles. The van der Waals surface area contributed by atoms with Crippen molar-refractivity contribution in [1.29, 1.82) is 0 Å². The molecule has 0 spiro atoms. The SMILES string of the molecule is CCOC(=O)c1c(-c2ccc(C)cc2)csc1N=Cc1cc(OC)cc([N+](=O)[O-])c1[O-]. The fourth-order valence-corrected chi connectivity index (χ4v) is 3.78. The highest BCUT2D eigenvalue weighted by atomic mass is 32.1. The highest BCUT2D eigenvalue weighted by Gasteiger charge is 2.21. The molecule has 0 bridgehead atoms. The Morgan fingerprint density at radius 3 is 2.58 bits per heavy atom. The van der Waals surface area contributed by atoms with E-state index in [4.69, 9.17) is 9.47 Å². The van der Waals surface area contributed by atoms with E-state index in [1.807, 2.05) is 31.2 Å². The molecule has 160 valence electrons. The molecular weight excluding hydrogens is 420 g/mol. The van der Waals surface area contributed by atoms with Crippen LogP contribution in [0.4, 0.5) is 10.7 Å². The summed E-state index contributed by atoms with van der Waals surface area (Å²) < 4.78 is 10.2. The third-order valence-electron chi connectivity index (χ3n) is 4.44.